The zero-order valence-corrected chi connectivity index (χ0v) is 16.4. The lowest BCUT2D eigenvalue weighted by molar-refractivity contribution is -0.117. The van der Waals surface area contributed by atoms with Crippen LogP contribution in [0.15, 0.2) is 54.2 Å². The van der Waals surface area contributed by atoms with Gasteiger partial charge in [-0.25, -0.2) is 4.39 Å². The predicted molar refractivity (Wildman–Crippen MR) is 109 cm³/mol. The van der Waals surface area contributed by atoms with E-state index in [0.717, 1.165) is 0 Å². The smallest absolute Gasteiger partial charge is 0.262 e. The van der Waals surface area contributed by atoms with Gasteiger partial charge in [-0.2, -0.15) is 5.26 Å². The van der Waals surface area contributed by atoms with Gasteiger partial charge >= 0.3 is 0 Å². The number of carbonyl (C=O) groups excluding carboxylic acids is 2. The molecule has 0 unspecified atom stereocenters. The van der Waals surface area contributed by atoms with Crippen molar-refractivity contribution in [3.63, 3.8) is 0 Å². The first kappa shape index (κ1) is 20.0. The number of pyridine rings is 1. The number of fused-ring (bicyclic) bond motifs is 1. The first-order valence-corrected chi connectivity index (χ1v) is 9.16. The molecule has 0 fully saturated rings. The van der Waals surface area contributed by atoms with Crippen molar-refractivity contribution in [1.82, 2.24) is 9.72 Å². The summed E-state index contributed by atoms with van der Waals surface area (Å²) >= 11 is 0. The Hall–Kier alpha value is -3.72. The fraction of sp³-hybridized carbons (Fsp3) is 0.174. The molecule has 0 aliphatic heterocycles. The molecule has 6 heteroatoms. The van der Waals surface area contributed by atoms with Crippen LogP contribution in [0.25, 0.3) is 11.6 Å². The van der Waals surface area contributed by atoms with Gasteiger partial charge in [-0.15, -0.1) is 0 Å². The summed E-state index contributed by atoms with van der Waals surface area (Å²) in [4.78, 5) is 25.5. The van der Waals surface area contributed by atoms with E-state index in [1.54, 1.807) is 23.6 Å². The van der Waals surface area contributed by atoms with E-state index in [1.807, 2.05) is 32.0 Å². The molecule has 0 saturated heterocycles. The lowest BCUT2D eigenvalue weighted by Crippen LogP contribution is -2.30. The summed E-state index contributed by atoms with van der Waals surface area (Å²) in [6.45, 7) is 5.39. The molecule has 0 atom stereocenters. The van der Waals surface area contributed by atoms with Crippen LogP contribution in [0.2, 0.25) is 0 Å². The first-order valence-electron chi connectivity index (χ1n) is 9.16. The van der Waals surface area contributed by atoms with E-state index in [9.17, 15) is 19.2 Å². The van der Waals surface area contributed by atoms with Crippen molar-refractivity contribution in [2.24, 2.45) is 0 Å². The van der Waals surface area contributed by atoms with Crippen LogP contribution in [-0.2, 0) is 4.79 Å². The van der Waals surface area contributed by atoms with Crippen LogP contribution in [0.1, 0.15) is 41.0 Å². The van der Waals surface area contributed by atoms with E-state index in [4.69, 9.17) is 0 Å². The van der Waals surface area contributed by atoms with E-state index in [-0.39, 0.29) is 17.4 Å². The van der Waals surface area contributed by atoms with Crippen LogP contribution in [0.5, 0.6) is 0 Å². The number of nitriles is 1. The largest absolute Gasteiger partial charge is 0.349 e. The third kappa shape index (κ3) is 3.94. The number of carbonyl (C=O) groups is 2. The molecule has 0 bridgehead atoms. The summed E-state index contributed by atoms with van der Waals surface area (Å²) in [6, 6.07) is 12.6. The SMILES string of the molecule is Cc1c(/C=C(\C#N)C(=O)NC(C)C)c2ccccn2c1C(=O)c1ccc(F)cc1. The Labute approximate surface area is 168 Å². The number of halogens is 1. The third-order valence-electron chi connectivity index (χ3n) is 4.53. The average Bonchev–Trinajstić information content (AvgIpc) is 2.96. The molecule has 1 aromatic carbocycles. The molecule has 2 heterocycles. The second-order valence-corrected chi connectivity index (χ2v) is 6.98. The number of aromatic nitrogens is 1. The number of nitrogens with zero attached hydrogens (tertiary/aromatic N) is 2. The first-order chi connectivity index (χ1) is 13.8. The van der Waals surface area contributed by atoms with Gasteiger partial charge < -0.3 is 9.72 Å². The number of amides is 1. The highest BCUT2D eigenvalue weighted by atomic mass is 19.1. The summed E-state index contributed by atoms with van der Waals surface area (Å²) in [7, 11) is 0. The molecule has 0 saturated carbocycles. The van der Waals surface area contributed by atoms with Gasteiger partial charge in [0.05, 0.1) is 11.2 Å². The summed E-state index contributed by atoms with van der Waals surface area (Å²) in [5, 5.41) is 12.2. The summed E-state index contributed by atoms with van der Waals surface area (Å²) in [6.07, 6.45) is 3.25. The Balaban J connectivity index is 2.18. The number of nitrogens with one attached hydrogen (secondary N) is 1. The molecule has 5 nitrogen and oxygen atoms in total. The molecule has 0 radical (unpaired) electrons. The lowest BCUT2D eigenvalue weighted by Gasteiger charge is -2.07. The molecule has 1 amide bonds. The zero-order chi connectivity index (χ0) is 21.1. The van der Waals surface area contributed by atoms with Gasteiger partial charge in [0, 0.05) is 23.4 Å². The quantitative estimate of drug-likeness (QED) is 0.406. The van der Waals surface area contributed by atoms with Gasteiger partial charge in [0.1, 0.15) is 17.5 Å². The van der Waals surface area contributed by atoms with Gasteiger partial charge in [0.2, 0.25) is 5.78 Å². The monoisotopic (exact) mass is 389 g/mol. The fourth-order valence-corrected chi connectivity index (χ4v) is 3.19. The van der Waals surface area contributed by atoms with E-state index < -0.39 is 11.7 Å². The van der Waals surface area contributed by atoms with Crippen LogP contribution < -0.4 is 5.32 Å². The Bertz CT molecular complexity index is 1170. The summed E-state index contributed by atoms with van der Waals surface area (Å²) < 4.78 is 15.0. The second kappa shape index (κ2) is 8.11. The number of ketones is 1. The maximum absolute atomic E-state index is 13.2. The van der Waals surface area contributed by atoms with Crippen molar-refractivity contribution < 1.29 is 14.0 Å². The molecule has 0 aliphatic rings. The standard InChI is InChI=1S/C23H20FN3O2/c1-14(2)26-23(29)17(13-25)12-19-15(3)21(27-11-5-4-6-20(19)27)22(28)16-7-9-18(24)10-8-16/h4-12,14H,1-3H3,(H,26,29)/b17-12+. The van der Waals surface area contributed by atoms with Crippen LogP contribution in [0, 0.1) is 24.1 Å². The molecule has 3 rings (SSSR count). The minimum atomic E-state index is -0.469. The Morgan fingerprint density at radius 1 is 1.17 bits per heavy atom. The summed E-state index contributed by atoms with van der Waals surface area (Å²) in [5.74, 6) is -1.16. The molecule has 2 aromatic heterocycles. The number of benzene rings is 1. The minimum absolute atomic E-state index is 0.0427. The van der Waals surface area contributed by atoms with Crippen LogP contribution in [-0.4, -0.2) is 22.1 Å². The van der Waals surface area contributed by atoms with Crippen molar-refractivity contribution in [3.8, 4) is 6.07 Å². The van der Waals surface area contributed by atoms with Crippen molar-refractivity contribution in [2.45, 2.75) is 26.8 Å². The minimum Gasteiger partial charge on any atom is -0.349 e. The van der Waals surface area contributed by atoms with Crippen molar-refractivity contribution in [1.29, 1.82) is 5.26 Å². The lowest BCUT2D eigenvalue weighted by atomic mass is 10.0. The normalized spacial score (nSPS) is 11.5. The highest BCUT2D eigenvalue weighted by Gasteiger charge is 2.22. The molecule has 0 aliphatic carbocycles. The average molecular weight is 389 g/mol. The van der Waals surface area contributed by atoms with E-state index in [0.29, 0.717) is 27.9 Å². The van der Waals surface area contributed by atoms with Gasteiger partial charge in [0.25, 0.3) is 5.91 Å². The van der Waals surface area contributed by atoms with Gasteiger partial charge in [0.15, 0.2) is 0 Å². The molecule has 3 aromatic rings. The van der Waals surface area contributed by atoms with Gasteiger partial charge in [-0.05, 0) is 68.8 Å². The topological polar surface area (TPSA) is 74.4 Å². The van der Waals surface area contributed by atoms with Crippen LogP contribution in [0.4, 0.5) is 4.39 Å². The maximum atomic E-state index is 13.2. The molecule has 146 valence electrons. The van der Waals surface area contributed by atoms with E-state index in [1.165, 1.54) is 30.3 Å². The Morgan fingerprint density at radius 2 is 1.86 bits per heavy atom. The second-order valence-electron chi connectivity index (χ2n) is 6.98. The molecule has 29 heavy (non-hydrogen) atoms. The molecule has 1 N–H and O–H groups in total. The van der Waals surface area contributed by atoms with Crippen molar-refractivity contribution in [3.05, 3.63) is 82.4 Å². The number of hydrogen-bond acceptors (Lipinski definition) is 3. The number of rotatable bonds is 5. The van der Waals surface area contributed by atoms with Crippen LogP contribution >= 0.6 is 0 Å². The van der Waals surface area contributed by atoms with Gasteiger partial charge in [-0.1, -0.05) is 6.07 Å². The Morgan fingerprint density at radius 3 is 2.48 bits per heavy atom. The van der Waals surface area contributed by atoms with Crippen LogP contribution in [0.3, 0.4) is 0 Å². The number of hydrogen-bond donors (Lipinski definition) is 1. The third-order valence-corrected chi connectivity index (χ3v) is 4.53. The van der Waals surface area contributed by atoms with Crippen molar-refractivity contribution in [2.75, 3.05) is 0 Å². The molecule has 0 spiro atoms. The zero-order valence-electron chi connectivity index (χ0n) is 16.4. The Kier molecular flexibility index (Phi) is 5.60. The van der Waals surface area contributed by atoms with Crippen molar-refractivity contribution >= 4 is 23.3 Å². The summed E-state index contributed by atoms with van der Waals surface area (Å²) in [5.41, 5.74) is 2.66. The maximum Gasteiger partial charge on any atom is 0.262 e. The van der Waals surface area contributed by atoms with E-state index >= 15 is 0 Å². The van der Waals surface area contributed by atoms with Gasteiger partial charge in [-0.3, -0.25) is 9.59 Å². The van der Waals surface area contributed by atoms with E-state index in [2.05, 4.69) is 5.32 Å². The predicted octanol–water partition coefficient (Wildman–Crippen LogP) is 4.05. The fourth-order valence-electron chi connectivity index (χ4n) is 3.19. The molecular formula is C23H20FN3O2. The highest BCUT2D eigenvalue weighted by molar-refractivity contribution is 6.11. The highest BCUT2D eigenvalue weighted by Crippen LogP contribution is 2.27. The molecular weight excluding hydrogens is 369 g/mol.